The van der Waals surface area contributed by atoms with Gasteiger partial charge in [-0.25, -0.2) is 0 Å². The first-order chi connectivity index (χ1) is 8.38. The van der Waals surface area contributed by atoms with Gasteiger partial charge in [0.15, 0.2) is 0 Å². The summed E-state index contributed by atoms with van der Waals surface area (Å²) in [7, 11) is 0. The first-order valence-corrected chi connectivity index (χ1v) is 6.46. The normalized spacial score (nSPS) is 19.6. The molecule has 1 N–H and O–H groups in total. The molecule has 1 aromatic rings. The zero-order valence-corrected chi connectivity index (χ0v) is 11.3. The van der Waals surface area contributed by atoms with Crippen molar-refractivity contribution in [2.75, 3.05) is 11.4 Å². The first-order valence-electron chi connectivity index (χ1n) is 6.46. The molecule has 0 aliphatic carbocycles. The van der Waals surface area contributed by atoms with Gasteiger partial charge in [0, 0.05) is 24.2 Å². The van der Waals surface area contributed by atoms with Crippen LogP contribution >= 0.6 is 0 Å². The van der Waals surface area contributed by atoms with Crippen LogP contribution in [-0.4, -0.2) is 17.6 Å². The van der Waals surface area contributed by atoms with Gasteiger partial charge in [0.1, 0.15) is 0 Å². The zero-order valence-electron chi connectivity index (χ0n) is 11.3. The van der Waals surface area contributed by atoms with Crippen LogP contribution in [0.2, 0.25) is 0 Å². The Morgan fingerprint density at radius 2 is 2.06 bits per heavy atom. The van der Waals surface area contributed by atoms with Gasteiger partial charge in [-0.3, -0.25) is 4.79 Å². The van der Waals surface area contributed by atoms with Crippen LogP contribution < -0.4 is 4.90 Å². The maximum absolute atomic E-state index is 12.3. The van der Waals surface area contributed by atoms with E-state index in [9.17, 15) is 9.90 Å². The van der Waals surface area contributed by atoms with E-state index in [0.717, 1.165) is 11.3 Å². The minimum absolute atomic E-state index is 0.0118. The maximum Gasteiger partial charge on any atom is 0.227 e. The number of fused-ring (bicyclic) bond motifs is 1. The molecule has 1 aliphatic heterocycles. The number of aliphatic hydroxyl groups excluding tert-OH is 1. The number of carbonyl (C=O) groups is 1. The molecule has 98 valence electrons. The third-order valence-corrected chi connectivity index (χ3v) is 3.20. The van der Waals surface area contributed by atoms with Gasteiger partial charge >= 0.3 is 0 Å². The molecule has 1 aromatic carbocycles. The summed E-state index contributed by atoms with van der Waals surface area (Å²) in [5.74, 6) is 0.141. The van der Waals surface area contributed by atoms with E-state index in [4.69, 9.17) is 0 Å². The average Bonchev–Trinajstić information content (AvgIpc) is 2.27. The molecule has 0 saturated heterocycles. The van der Waals surface area contributed by atoms with Crippen molar-refractivity contribution in [1.29, 1.82) is 0 Å². The first kappa shape index (κ1) is 13.1. The molecule has 2 rings (SSSR count). The summed E-state index contributed by atoms with van der Waals surface area (Å²) in [5.41, 5.74) is 1.72. The van der Waals surface area contributed by atoms with Gasteiger partial charge in [0.2, 0.25) is 5.91 Å². The fourth-order valence-electron chi connectivity index (χ4n) is 2.35. The summed E-state index contributed by atoms with van der Waals surface area (Å²) in [6, 6.07) is 7.63. The van der Waals surface area contributed by atoms with Crippen LogP contribution in [0, 0.1) is 5.41 Å². The van der Waals surface area contributed by atoms with Crippen LogP contribution in [0.3, 0.4) is 0 Å². The minimum atomic E-state index is -0.445. The molecule has 3 heteroatoms. The fourth-order valence-corrected chi connectivity index (χ4v) is 2.35. The van der Waals surface area contributed by atoms with Gasteiger partial charge in [-0.15, -0.1) is 0 Å². The van der Waals surface area contributed by atoms with Crippen molar-refractivity contribution >= 4 is 11.6 Å². The van der Waals surface area contributed by atoms with Crippen LogP contribution in [0.25, 0.3) is 0 Å². The van der Waals surface area contributed by atoms with Crippen LogP contribution in [0.15, 0.2) is 24.3 Å². The Labute approximate surface area is 108 Å². The average molecular weight is 247 g/mol. The summed E-state index contributed by atoms with van der Waals surface area (Å²) in [4.78, 5) is 14.1. The van der Waals surface area contributed by atoms with Crippen LogP contribution in [0.4, 0.5) is 5.69 Å². The zero-order chi connectivity index (χ0) is 13.3. The Kier molecular flexibility index (Phi) is 3.44. The predicted octanol–water partition coefficient (Wildman–Crippen LogP) is 2.89. The van der Waals surface area contributed by atoms with Gasteiger partial charge in [0.05, 0.1) is 6.10 Å². The lowest BCUT2D eigenvalue weighted by Crippen LogP contribution is -2.38. The summed E-state index contributed by atoms with van der Waals surface area (Å²) >= 11 is 0. The molecule has 18 heavy (non-hydrogen) atoms. The Hall–Kier alpha value is -1.35. The number of anilines is 1. The number of nitrogens with zero attached hydrogens (tertiary/aromatic N) is 1. The molecule has 3 nitrogen and oxygen atoms in total. The smallest absolute Gasteiger partial charge is 0.227 e. The van der Waals surface area contributed by atoms with E-state index in [0.29, 0.717) is 19.4 Å². The molecule has 1 aliphatic rings. The van der Waals surface area contributed by atoms with Gasteiger partial charge in [-0.1, -0.05) is 39.0 Å². The Morgan fingerprint density at radius 1 is 1.39 bits per heavy atom. The standard InChI is InChI=1S/C15H21NO2/c1-15(2,3)10-14(18)16-9-8-13(17)11-6-4-5-7-12(11)16/h4-7,13,17H,8-10H2,1-3H3. The molecular formula is C15H21NO2. The quantitative estimate of drug-likeness (QED) is 0.829. The van der Waals surface area contributed by atoms with Crippen molar-refractivity contribution in [3.8, 4) is 0 Å². The highest BCUT2D eigenvalue weighted by Gasteiger charge is 2.29. The molecular weight excluding hydrogens is 226 g/mol. The maximum atomic E-state index is 12.3. The van der Waals surface area contributed by atoms with E-state index in [2.05, 4.69) is 20.8 Å². The largest absolute Gasteiger partial charge is 0.388 e. The monoisotopic (exact) mass is 247 g/mol. The summed E-state index contributed by atoms with van der Waals surface area (Å²) in [6.07, 6.45) is 0.699. The SMILES string of the molecule is CC(C)(C)CC(=O)N1CCC(O)c2ccccc21. The summed E-state index contributed by atoms with van der Waals surface area (Å²) < 4.78 is 0. The fraction of sp³-hybridized carbons (Fsp3) is 0.533. The van der Waals surface area contributed by atoms with Crippen molar-refractivity contribution in [3.63, 3.8) is 0 Å². The molecule has 0 bridgehead atoms. The highest BCUT2D eigenvalue weighted by molar-refractivity contribution is 5.95. The molecule has 0 radical (unpaired) electrons. The van der Waals surface area contributed by atoms with Crippen molar-refractivity contribution in [2.45, 2.75) is 39.7 Å². The number of para-hydroxylation sites is 1. The molecule has 1 unspecified atom stereocenters. The molecule has 0 aromatic heterocycles. The Balaban J connectivity index is 2.26. The topological polar surface area (TPSA) is 40.5 Å². The number of carbonyl (C=O) groups excluding carboxylic acids is 1. The van der Waals surface area contributed by atoms with E-state index >= 15 is 0 Å². The van der Waals surface area contributed by atoms with Crippen molar-refractivity contribution in [2.24, 2.45) is 5.41 Å². The van der Waals surface area contributed by atoms with E-state index in [1.165, 1.54) is 0 Å². The number of rotatable bonds is 1. The second-order valence-electron chi connectivity index (χ2n) is 6.15. The molecule has 0 spiro atoms. The van der Waals surface area contributed by atoms with E-state index in [1.54, 1.807) is 0 Å². The second kappa shape index (κ2) is 4.73. The highest BCUT2D eigenvalue weighted by atomic mass is 16.3. The lowest BCUT2D eigenvalue weighted by molar-refractivity contribution is -0.120. The van der Waals surface area contributed by atoms with Crippen LogP contribution in [0.1, 0.15) is 45.3 Å². The summed E-state index contributed by atoms with van der Waals surface area (Å²) in [5, 5.41) is 9.96. The van der Waals surface area contributed by atoms with Gasteiger partial charge in [0.25, 0.3) is 0 Å². The minimum Gasteiger partial charge on any atom is -0.388 e. The number of amides is 1. The number of benzene rings is 1. The third-order valence-electron chi connectivity index (χ3n) is 3.20. The lowest BCUT2D eigenvalue weighted by atomic mass is 9.90. The third kappa shape index (κ3) is 2.72. The number of hydrogen-bond acceptors (Lipinski definition) is 2. The lowest BCUT2D eigenvalue weighted by Gasteiger charge is -2.33. The number of hydrogen-bond donors (Lipinski definition) is 1. The molecule has 1 atom stereocenters. The molecule has 0 fully saturated rings. The Morgan fingerprint density at radius 3 is 2.72 bits per heavy atom. The van der Waals surface area contributed by atoms with Gasteiger partial charge in [-0.2, -0.15) is 0 Å². The van der Waals surface area contributed by atoms with Crippen molar-refractivity contribution in [3.05, 3.63) is 29.8 Å². The van der Waals surface area contributed by atoms with Gasteiger partial charge in [-0.05, 0) is 17.9 Å². The van der Waals surface area contributed by atoms with E-state index < -0.39 is 6.10 Å². The molecule has 1 amide bonds. The van der Waals surface area contributed by atoms with Crippen molar-refractivity contribution in [1.82, 2.24) is 0 Å². The number of aliphatic hydroxyl groups is 1. The van der Waals surface area contributed by atoms with E-state index in [-0.39, 0.29) is 11.3 Å². The van der Waals surface area contributed by atoms with Crippen LogP contribution in [-0.2, 0) is 4.79 Å². The van der Waals surface area contributed by atoms with Gasteiger partial charge < -0.3 is 10.0 Å². The highest BCUT2D eigenvalue weighted by Crippen LogP contribution is 2.34. The van der Waals surface area contributed by atoms with E-state index in [1.807, 2.05) is 29.2 Å². The molecule has 0 saturated carbocycles. The summed E-state index contributed by atoms with van der Waals surface area (Å²) in [6.45, 7) is 6.80. The molecule has 1 heterocycles. The predicted molar refractivity (Wildman–Crippen MR) is 72.4 cm³/mol. The van der Waals surface area contributed by atoms with Crippen molar-refractivity contribution < 1.29 is 9.90 Å². The Bertz CT molecular complexity index is 448. The second-order valence-corrected chi connectivity index (χ2v) is 6.15. The van der Waals surface area contributed by atoms with Crippen LogP contribution in [0.5, 0.6) is 0 Å².